The van der Waals surface area contributed by atoms with Gasteiger partial charge in [0.25, 0.3) is 0 Å². The lowest BCUT2D eigenvalue weighted by molar-refractivity contribution is -0.146. The predicted octanol–water partition coefficient (Wildman–Crippen LogP) is 2.43. The highest BCUT2D eigenvalue weighted by Crippen LogP contribution is 2.35. The van der Waals surface area contributed by atoms with Crippen molar-refractivity contribution >= 4 is 29.2 Å². The number of methoxy groups -OCH3 is 1. The van der Waals surface area contributed by atoms with Crippen molar-refractivity contribution in [2.45, 2.75) is 25.7 Å². The first-order valence-corrected chi connectivity index (χ1v) is 8.68. The van der Waals surface area contributed by atoms with Gasteiger partial charge in [-0.3, -0.25) is 14.4 Å². The maximum absolute atomic E-state index is 12.6. The number of amides is 2. The van der Waals surface area contributed by atoms with Crippen molar-refractivity contribution in [2.24, 2.45) is 11.8 Å². The lowest BCUT2D eigenvalue weighted by Crippen LogP contribution is -2.34. The highest BCUT2D eigenvalue weighted by Gasteiger charge is 2.34. The number of nitrogens with zero attached hydrogens (tertiary/aromatic N) is 1. The van der Waals surface area contributed by atoms with Gasteiger partial charge >= 0.3 is 5.97 Å². The van der Waals surface area contributed by atoms with E-state index >= 15 is 0 Å². The molecule has 2 atom stereocenters. The molecular weight excluding hydrogens is 336 g/mol. The van der Waals surface area contributed by atoms with E-state index in [0.29, 0.717) is 42.9 Å². The third-order valence-corrected chi connectivity index (χ3v) is 4.90. The fraction of sp³-hybridized carbons (Fsp3) is 0.421. The molecule has 138 valence electrons. The predicted molar refractivity (Wildman–Crippen MR) is 96.2 cm³/mol. The molecule has 1 heterocycles. The molecule has 2 N–H and O–H groups in total. The van der Waals surface area contributed by atoms with Gasteiger partial charge in [0.2, 0.25) is 11.8 Å². The number of benzene rings is 1. The van der Waals surface area contributed by atoms with Crippen molar-refractivity contribution in [3.05, 3.63) is 30.4 Å². The molecule has 1 aromatic carbocycles. The maximum Gasteiger partial charge on any atom is 0.307 e. The highest BCUT2D eigenvalue weighted by atomic mass is 16.5. The van der Waals surface area contributed by atoms with Crippen molar-refractivity contribution in [1.29, 1.82) is 0 Å². The number of carboxylic acid groups (broad SMARTS) is 1. The van der Waals surface area contributed by atoms with E-state index in [1.165, 1.54) is 7.11 Å². The monoisotopic (exact) mass is 358 g/mol. The summed E-state index contributed by atoms with van der Waals surface area (Å²) in [5.41, 5.74) is 1.13. The summed E-state index contributed by atoms with van der Waals surface area (Å²) in [6.45, 7) is 0.612. The molecule has 2 amide bonds. The fourth-order valence-electron chi connectivity index (χ4n) is 3.49. The van der Waals surface area contributed by atoms with E-state index in [-0.39, 0.29) is 11.8 Å². The second-order valence-electron chi connectivity index (χ2n) is 6.52. The molecule has 1 aliphatic carbocycles. The topological polar surface area (TPSA) is 95.9 Å². The Bertz CT molecular complexity index is 758. The van der Waals surface area contributed by atoms with Crippen LogP contribution in [0.25, 0.3) is 0 Å². The minimum atomic E-state index is -0.965. The van der Waals surface area contributed by atoms with Gasteiger partial charge in [-0.15, -0.1) is 0 Å². The number of ether oxygens (including phenoxy) is 1. The molecule has 7 nitrogen and oxygen atoms in total. The third-order valence-electron chi connectivity index (χ3n) is 4.90. The van der Waals surface area contributed by atoms with E-state index in [1.807, 2.05) is 6.08 Å². The van der Waals surface area contributed by atoms with Crippen molar-refractivity contribution in [2.75, 3.05) is 23.9 Å². The lowest BCUT2D eigenvalue weighted by atomic mass is 9.82. The minimum absolute atomic E-state index is 0.0233. The molecule has 0 spiro atoms. The van der Waals surface area contributed by atoms with E-state index in [4.69, 9.17) is 4.74 Å². The number of anilines is 2. The molecule has 2 aliphatic rings. The average Bonchev–Trinajstić information content (AvgIpc) is 3.07. The molecule has 1 aliphatic heterocycles. The van der Waals surface area contributed by atoms with Crippen molar-refractivity contribution < 1.29 is 24.2 Å². The summed E-state index contributed by atoms with van der Waals surface area (Å²) >= 11 is 0. The second-order valence-corrected chi connectivity index (χ2v) is 6.52. The summed E-state index contributed by atoms with van der Waals surface area (Å²) in [4.78, 5) is 37.7. The molecule has 1 saturated heterocycles. The Hall–Kier alpha value is -2.83. The first-order chi connectivity index (χ1) is 12.5. The molecule has 0 aromatic heterocycles. The molecule has 2 unspecified atom stereocenters. The van der Waals surface area contributed by atoms with Gasteiger partial charge < -0.3 is 20.1 Å². The van der Waals surface area contributed by atoms with Crippen LogP contribution in [0.3, 0.4) is 0 Å². The third kappa shape index (κ3) is 3.56. The lowest BCUT2D eigenvalue weighted by Gasteiger charge is -2.25. The number of nitrogens with one attached hydrogen (secondary N) is 1. The Morgan fingerprint density at radius 3 is 2.58 bits per heavy atom. The van der Waals surface area contributed by atoms with E-state index in [2.05, 4.69) is 5.32 Å². The van der Waals surface area contributed by atoms with E-state index in [9.17, 15) is 19.5 Å². The van der Waals surface area contributed by atoms with E-state index in [0.717, 1.165) is 6.42 Å². The zero-order valence-electron chi connectivity index (χ0n) is 14.6. The Labute approximate surface area is 151 Å². The summed E-state index contributed by atoms with van der Waals surface area (Å²) in [5, 5.41) is 12.1. The van der Waals surface area contributed by atoms with Gasteiger partial charge in [0.05, 0.1) is 24.6 Å². The molecule has 7 heteroatoms. The minimum Gasteiger partial charge on any atom is -0.495 e. The number of allylic oxidation sites excluding steroid dienone is 2. The fourth-order valence-corrected chi connectivity index (χ4v) is 3.49. The number of carboxylic acids is 1. The van der Waals surface area contributed by atoms with Gasteiger partial charge in [0, 0.05) is 18.7 Å². The van der Waals surface area contributed by atoms with Crippen LogP contribution in [0.1, 0.15) is 25.7 Å². The van der Waals surface area contributed by atoms with Crippen molar-refractivity contribution in [1.82, 2.24) is 0 Å². The van der Waals surface area contributed by atoms with Crippen LogP contribution in [-0.4, -0.2) is 36.5 Å². The summed E-state index contributed by atoms with van der Waals surface area (Å²) in [6, 6.07) is 5.09. The molecule has 3 rings (SSSR count). The van der Waals surface area contributed by atoms with Crippen LogP contribution in [0.4, 0.5) is 11.4 Å². The molecule has 0 bridgehead atoms. The summed E-state index contributed by atoms with van der Waals surface area (Å²) in [7, 11) is 1.53. The normalized spacial score (nSPS) is 22.3. The van der Waals surface area contributed by atoms with Crippen molar-refractivity contribution in [3.63, 3.8) is 0 Å². The van der Waals surface area contributed by atoms with E-state index < -0.39 is 17.8 Å². The second kappa shape index (κ2) is 7.59. The van der Waals surface area contributed by atoms with Crippen LogP contribution in [0.2, 0.25) is 0 Å². The first kappa shape index (κ1) is 18.0. The number of carbonyl (C=O) groups excluding carboxylic acids is 2. The van der Waals surface area contributed by atoms with E-state index in [1.54, 1.807) is 29.2 Å². The quantitative estimate of drug-likeness (QED) is 0.788. The maximum atomic E-state index is 12.6. The smallest absolute Gasteiger partial charge is 0.307 e. The Balaban J connectivity index is 1.81. The standard InChI is InChI=1S/C19H22N2O5/c1-26-16-9-8-12(11-15(16)21-10-4-7-17(21)22)20-18(23)13-5-2-3-6-14(13)19(24)25/h2-3,8-9,11,13-14H,4-7,10H2,1H3,(H,20,23)(H,24,25). The van der Waals surface area contributed by atoms with Gasteiger partial charge in [-0.05, 0) is 37.5 Å². The molecule has 1 fully saturated rings. The number of rotatable bonds is 5. The average molecular weight is 358 g/mol. The summed E-state index contributed by atoms with van der Waals surface area (Å²) < 4.78 is 5.34. The zero-order valence-corrected chi connectivity index (χ0v) is 14.6. The molecule has 0 saturated carbocycles. The molecule has 0 radical (unpaired) electrons. The summed E-state index contributed by atoms with van der Waals surface area (Å²) in [6.07, 6.45) is 5.67. The van der Waals surface area contributed by atoms with Crippen molar-refractivity contribution in [3.8, 4) is 5.75 Å². The largest absolute Gasteiger partial charge is 0.495 e. The Morgan fingerprint density at radius 1 is 1.23 bits per heavy atom. The van der Waals surface area contributed by atoms with Crippen LogP contribution < -0.4 is 15.0 Å². The molecular formula is C19H22N2O5. The van der Waals surface area contributed by atoms with Crippen LogP contribution in [0, 0.1) is 11.8 Å². The Kier molecular flexibility index (Phi) is 5.25. The van der Waals surface area contributed by atoms with Crippen LogP contribution in [0.15, 0.2) is 30.4 Å². The van der Waals surface area contributed by atoms with Gasteiger partial charge in [0.15, 0.2) is 0 Å². The Morgan fingerprint density at radius 2 is 1.96 bits per heavy atom. The van der Waals surface area contributed by atoms with Crippen LogP contribution >= 0.6 is 0 Å². The zero-order chi connectivity index (χ0) is 18.7. The summed E-state index contributed by atoms with van der Waals surface area (Å²) in [5.74, 6) is -2.05. The van der Waals surface area contributed by atoms with Gasteiger partial charge in [-0.2, -0.15) is 0 Å². The number of aliphatic carboxylic acids is 1. The SMILES string of the molecule is COc1ccc(NC(=O)C2CC=CCC2C(=O)O)cc1N1CCCC1=O. The van der Waals surface area contributed by atoms with Gasteiger partial charge in [0.1, 0.15) is 5.75 Å². The van der Waals surface area contributed by atoms with Crippen LogP contribution in [0.5, 0.6) is 5.75 Å². The first-order valence-electron chi connectivity index (χ1n) is 8.68. The number of carbonyl (C=O) groups is 3. The van der Waals surface area contributed by atoms with Gasteiger partial charge in [-0.1, -0.05) is 12.2 Å². The van der Waals surface area contributed by atoms with Gasteiger partial charge in [-0.25, -0.2) is 0 Å². The molecule has 26 heavy (non-hydrogen) atoms. The van der Waals surface area contributed by atoms with Crippen LogP contribution in [-0.2, 0) is 14.4 Å². The number of hydrogen-bond acceptors (Lipinski definition) is 4. The highest BCUT2D eigenvalue weighted by molar-refractivity contribution is 5.99. The number of hydrogen-bond donors (Lipinski definition) is 2. The molecule has 1 aromatic rings.